The number of anilines is 1. The Morgan fingerprint density at radius 1 is 1.29 bits per heavy atom. The number of hydrogen-bond donors (Lipinski definition) is 1. The monoisotopic (exact) mass is 423 g/mol. The summed E-state index contributed by atoms with van der Waals surface area (Å²) < 4.78 is 36.1. The number of hydrogen-bond acceptors (Lipinski definition) is 7. The maximum absolute atomic E-state index is 13.0. The van der Waals surface area contributed by atoms with Crippen LogP contribution in [0.4, 0.5) is 5.82 Å². The lowest BCUT2D eigenvalue weighted by molar-refractivity contribution is 0.102. The zero-order chi connectivity index (χ0) is 19.9. The number of ether oxygens (including phenoxy) is 2. The van der Waals surface area contributed by atoms with Gasteiger partial charge in [0.1, 0.15) is 17.3 Å². The van der Waals surface area contributed by atoms with Crippen LogP contribution in [0.15, 0.2) is 18.2 Å². The van der Waals surface area contributed by atoms with E-state index >= 15 is 0 Å². The van der Waals surface area contributed by atoms with Gasteiger partial charge >= 0.3 is 0 Å². The molecule has 1 atom stereocenters. The van der Waals surface area contributed by atoms with Gasteiger partial charge in [0.05, 0.1) is 43.0 Å². The summed E-state index contributed by atoms with van der Waals surface area (Å²) in [6.07, 6.45) is 0.505. The van der Waals surface area contributed by atoms with E-state index < -0.39 is 9.84 Å². The van der Waals surface area contributed by atoms with Crippen LogP contribution in [0.2, 0.25) is 0 Å². The Labute approximate surface area is 167 Å². The molecule has 2 aromatic rings. The number of aromatic nitrogens is 2. The first kappa shape index (κ1) is 19.1. The van der Waals surface area contributed by atoms with Crippen LogP contribution in [-0.2, 0) is 21.3 Å². The molecule has 0 bridgehead atoms. The molecule has 1 fully saturated rings. The summed E-state index contributed by atoms with van der Waals surface area (Å²) in [5.74, 6) is 2.95. The predicted molar refractivity (Wildman–Crippen MR) is 107 cm³/mol. The van der Waals surface area contributed by atoms with Crippen molar-refractivity contribution >= 4 is 33.3 Å². The summed E-state index contributed by atoms with van der Waals surface area (Å²) in [6.45, 7) is 0. The molecule has 4 rings (SSSR count). The van der Waals surface area contributed by atoms with Crippen LogP contribution in [0.5, 0.6) is 11.5 Å². The lowest BCUT2D eigenvalue weighted by Crippen LogP contribution is -2.21. The van der Waals surface area contributed by atoms with Gasteiger partial charge < -0.3 is 14.8 Å². The topological polar surface area (TPSA) is 99.5 Å². The third kappa shape index (κ3) is 3.46. The molecular formula is C18H21N3O5S2. The van der Waals surface area contributed by atoms with Crippen molar-refractivity contribution in [1.29, 1.82) is 0 Å². The Balaban J connectivity index is 1.67. The zero-order valence-electron chi connectivity index (χ0n) is 15.6. The Bertz CT molecular complexity index is 1030. The summed E-state index contributed by atoms with van der Waals surface area (Å²) in [4.78, 5) is 13.0. The van der Waals surface area contributed by atoms with E-state index in [1.165, 1.54) is 7.11 Å². The van der Waals surface area contributed by atoms with Gasteiger partial charge in [-0.25, -0.2) is 13.1 Å². The second-order valence-corrected chi connectivity index (χ2v) is 10.0. The highest BCUT2D eigenvalue weighted by Crippen LogP contribution is 2.38. The Hall–Kier alpha value is -2.20. The first-order chi connectivity index (χ1) is 13.4. The predicted octanol–water partition coefficient (Wildman–Crippen LogP) is 2.26. The standard InChI is InChI=1S/C18H21N3O5S2/c1-25-12-3-4-13(16(7-12)26-2)18(22)19-17-14-8-27-9-15(14)20-21(17)11-5-6-28(23,24)10-11/h3-4,7,11H,5-6,8-10H2,1-2H3,(H,19,22). The molecule has 2 aliphatic rings. The van der Waals surface area contributed by atoms with E-state index in [9.17, 15) is 13.2 Å². The summed E-state index contributed by atoms with van der Waals surface area (Å²) in [5.41, 5.74) is 2.25. The van der Waals surface area contributed by atoms with E-state index in [1.807, 2.05) is 0 Å². The number of carbonyl (C=O) groups is 1. The second-order valence-electron chi connectivity index (χ2n) is 6.79. The Morgan fingerprint density at radius 2 is 2.11 bits per heavy atom. The lowest BCUT2D eigenvalue weighted by Gasteiger charge is -2.16. The highest BCUT2D eigenvalue weighted by molar-refractivity contribution is 7.98. The van der Waals surface area contributed by atoms with Crippen LogP contribution < -0.4 is 14.8 Å². The smallest absolute Gasteiger partial charge is 0.260 e. The summed E-state index contributed by atoms with van der Waals surface area (Å²) in [5, 5.41) is 7.58. The Kier molecular flexibility index (Phi) is 5.00. The quantitative estimate of drug-likeness (QED) is 0.787. The van der Waals surface area contributed by atoms with Crippen molar-refractivity contribution in [3.63, 3.8) is 0 Å². The first-order valence-electron chi connectivity index (χ1n) is 8.83. The maximum atomic E-state index is 13.0. The van der Waals surface area contributed by atoms with Crippen LogP contribution in [0.25, 0.3) is 0 Å². The average molecular weight is 424 g/mol. The molecule has 0 spiro atoms. The number of fused-ring (bicyclic) bond motifs is 1. The van der Waals surface area contributed by atoms with Crippen LogP contribution >= 0.6 is 11.8 Å². The summed E-state index contributed by atoms with van der Waals surface area (Å²) in [7, 11) is -0.0254. The number of methoxy groups -OCH3 is 2. The average Bonchev–Trinajstić information content (AvgIpc) is 3.36. The molecule has 0 aliphatic carbocycles. The largest absolute Gasteiger partial charge is 0.497 e. The van der Waals surface area contributed by atoms with Gasteiger partial charge in [-0.05, 0) is 18.6 Å². The van der Waals surface area contributed by atoms with Gasteiger partial charge in [-0.3, -0.25) is 4.79 Å². The number of benzene rings is 1. The van der Waals surface area contributed by atoms with Gasteiger partial charge in [0, 0.05) is 23.1 Å². The molecule has 3 heterocycles. The fourth-order valence-electron chi connectivity index (χ4n) is 3.56. The van der Waals surface area contributed by atoms with Crippen LogP contribution in [0.3, 0.4) is 0 Å². The number of nitrogens with one attached hydrogen (secondary N) is 1. The van der Waals surface area contributed by atoms with E-state index in [-0.39, 0.29) is 23.5 Å². The molecule has 0 saturated carbocycles. The number of carbonyl (C=O) groups excluding carboxylic acids is 1. The molecule has 1 aromatic heterocycles. The molecule has 1 amide bonds. The van der Waals surface area contributed by atoms with Gasteiger partial charge in [-0.1, -0.05) is 0 Å². The number of thioether (sulfide) groups is 1. The SMILES string of the molecule is COc1ccc(C(=O)Nc2c3c(nn2C2CCS(=O)(=O)C2)CSC3)c(OC)c1. The van der Waals surface area contributed by atoms with Gasteiger partial charge in [-0.15, -0.1) is 0 Å². The second kappa shape index (κ2) is 7.32. The molecule has 28 heavy (non-hydrogen) atoms. The van der Waals surface area contributed by atoms with E-state index in [2.05, 4.69) is 10.4 Å². The van der Waals surface area contributed by atoms with E-state index in [4.69, 9.17) is 9.47 Å². The third-order valence-corrected chi connectivity index (χ3v) is 7.74. The molecule has 10 heteroatoms. The Morgan fingerprint density at radius 3 is 2.79 bits per heavy atom. The van der Waals surface area contributed by atoms with Crippen molar-refractivity contribution in [3.8, 4) is 11.5 Å². The molecular weight excluding hydrogens is 402 g/mol. The van der Waals surface area contributed by atoms with Crippen molar-refractivity contribution in [1.82, 2.24) is 9.78 Å². The van der Waals surface area contributed by atoms with Crippen molar-refractivity contribution in [2.24, 2.45) is 0 Å². The minimum absolute atomic E-state index is 0.0510. The molecule has 1 unspecified atom stereocenters. The normalized spacial score (nSPS) is 20.0. The molecule has 1 N–H and O–H groups in total. The van der Waals surface area contributed by atoms with E-state index in [0.717, 1.165) is 22.8 Å². The van der Waals surface area contributed by atoms with E-state index in [1.54, 1.807) is 41.8 Å². The molecule has 1 aromatic carbocycles. The molecule has 0 radical (unpaired) electrons. The minimum Gasteiger partial charge on any atom is -0.497 e. The molecule has 1 saturated heterocycles. The van der Waals surface area contributed by atoms with Gasteiger partial charge in [0.15, 0.2) is 9.84 Å². The van der Waals surface area contributed by atoms with Crippen molar-refractivity contribution in [3.05, 3.63) is 35.0 Å². The third-order valence-electron chi connectivity index (χ3n) is 5.02. The summed E-state index contributed by atoms with van der Waals surface area (Å²) >= 11 is 1.72. The van der Waals surface area contributed by atoms with E-state index in [0.29, 0.717) is 29.3 Å². The number of rotatable bonds is 5. The fraction of sp³-hybridized carbons (Fsp3) is 0.444. The van der Waals surface area contributed by atoms with Crippen molar-refractivity contribution < 1.29 is 22.7 Å². The molecule has 150 valence electrons. The van der Waals surface area contributed by atoms with Gasteiger partial charge in [0.2, 0.25) is 0 Å². The highest BCUT2D eigenvalue weighted by atomic mass is 32.2. The number of amides is 1. The highest BCUT2D eigenvalue weighted by Gasteiger charge is 2.34. The maximum Gasteiger partial charge on any atom is 0.260 e. The minimum atomic E-state index is -3.06. The number of nitrogens with zero attached hydrogens (tertiary/aromatic N) is 2. The fourth-order valence-corrected chi connectivity index (χ4v) is 6.29. The molecule has 2 aliphatic heterocycles. The van der Waals surface area contributed by atoms with Gasteiger partial charge in [0.25, 0.3) is 5.91 Å². The lowest BCUT2D eigenvalue weighted by atomic mass is 10.1. The zero-order valence-corrected chi connectivity index (χ0v) is 17.2. The van der Waals surface area contributed by atoms with Crippen LogP contribution in [-0.4, -0.2) is 49.8 Å². The molecule has 8 nitrogen and oxygen atoms in total. The van der Waals surface area contributed by atoms with Crippen molar-refractivity contribution in [2.45, 2.75) is 24.0 Å². The van der Waals surface area contributed by atoms with Crippen LogP contribution in [0, 0.1) is 0 Å². The number of sulfone groups is 1. The van der Waals surface area contributed by atoms with Gasteiger partial charge in [-0.2, -0.15) is 16.9 Å². The first-order valence-corrected chi connectivity index (χ1v) is 11.8. The summed E-state index contributed by atoms with van der Waals surface area (Å²) in [6, 6.07) is 4.73. The van der Waals surface area contributed by atoms with Crippen molar-refractivity contribution in [2.75, 3.05) is 31.0 Å². The van der Waals surface area contributed by atoms with Crippen LogP contribution in [0.1, 0.15) is 34.1 Å².